The maximum Gasteiger partial charge on any atom is 0.269 e. The van der Waals surface area contributed by atoms with E-state index in [0.29, 0.717) is 0 Å². The molecule has 2 aromatic rings. The van der Waals surface area contributed by atoms with Gasteiger partial charge in [0.1, 0.15) is 23.3 Å². The number of nitro groups is 1. The number of nitrogens with one attached hydrogen (secondary N) is 1. The number of nitrogens with zero attached hydrogens (tertiary/aromatic N) is 3. The predicted molar refractivity (Wildman–Crippen MR) is 72.1 cm³/mol. The molecule has 0 aliphatic carbocycles. The van der Waals surface area contributed by atoms with E-state index in [-0.39, 0.29) is 11.4 Å². The van der Waals surface area contributed by atoms with Gasteiger partial charge in [-0.15, -0.1) is 0 Å². The van der Waals surface area contributed by atoms with Gasteiger partial charge >= 0.3 is 0 Å². The second-order valence-electron chi connectivity index (χ2n) is 4.22. The lowest BCUT2D eigenvalue weighted by Gasteiger charge is -2.11. The summed E-state index contributed by atoms with van der Waals surface area (Å²) in [5.41, 5.74) is -3.05. The summed E-state index contributed by atoms with van der Waals surface area (Å²) in [5.74, 6) is -4.82. The monoisotopic (exact) mass is 318 g/mol. The molecule has 0 spiro atoms. The molecule has 23 heavy (non-hydrogen) atoms. The van der Waals surface area contributed by atoms with Gasteiger partial charge in [-0.1, -0.05) is 0 Å². The fraction of sp³-hybridized carbons (Fsp3) is 0. The smallest absolute Gasteiger partial charge is 0.269 e. The fourth-order valence-electron chi connectivity index (χ4n) is 1.79. The lowest BCUT2D eigenvalue weighted by Crippen LogP contribution is -2.06. The van der Waals surface area contributed by atoms with Gasteiger partial charge in [-0.05, 0) is 12.1 Å². The summed E-state index contributed by atoms with van der Waals surface area (Å²) in [5, 5.41) is 30.3. The Hall–Kier alpha value is -3.59. The van der Waals surface area contributed by atoms with Crippen molar-refractivity contribution in [1.29, 1.82) is 10.5 Å². The number of non-ortho nitro benzene ring substituents is 1. The normalized spacial score (nSPS) is 9.78. The molecule has 2 aromatic carbocycles. The van der Waals surface area contributed by atoms with Gasteiger partial charge in [-0.3, -0.25) is 10.1 Å². The average Bonchev–Trinajstić information content (AvgIpc) is 2.54. The number of hydrogen-bond donors (Lipinski definition) is 1. The van der Waals surface area contributed by atoms with Gasteiger partial charge in [0.25, 0.3) is 5.69 Å². The lowest BCUT2D eigenvalue weighted by molar-refractivity contribution is -0.384. The minimum Gasteiger partial charge on any atom is -0.352 e. The van der Waals surface area contributed by atoms with Crippen molar-refractivity contribution in [2.45, 2.75) is 0 Å². The van der Waals surface area contributed by atoms with Crippen LogP contribution in [0, 0.1) is 50.2 Å². The summed E-state index contributed by atoms with van der Waals surface area (Å²) in [6.07, 6.45) is 0. The third-order valence-electron chi connectivity index (χ3n) is 2.89. The largest absolute Gasteiger partial charge is 0.352 e. The number of anilines is 2. The number of nitriles is 2. The Morgan fingerprint density at radius 1 is 0.957 bits per heavy atom. The topological polar surface area (TPSA) is 103 Å². The van der Waals surface area contributed by atoms with E-state index in [1.807, 2.05) is 0 Å². The Morgan fingerprint density at radius 3 is 2.00 bits per heavy atom. The minimum atomic E-state index is -1.73. The minimum absolute atomic E-state index is 0.0644. The third kappa shape index (κ3) is 2.76. The standard InChI is InChI=1S/C14H5F3N4O2/c15-11-9(5-18)12(16)13(17)14(10(11)6-19)20-7-1-3-8(4-2-7)21(22)23/h1-4,20H. The van der Waals surface area contributed by atoms with Gasteiger partial charge in [0.05, 0.1) is 10.6 Å². The van der Waals surface area contributed by atoms with E-state index in [2.05, 4.69) is 5.32 Å². The summed E-state index contributed by atoms with van der Waals surface area (Å²) in [6.45, 7) is 0. The quantitative estimate of drug-likeness (QED) is 0.530. The van der Waals surface area contributed by atoms with Crippen LogP contribution in [0.25, 0.3) is 0 Å². The Kier molecular flexibility index (Phi) is 4.14. The van der Waals surface area contributed by atoms with Crippen molar-refractivity contribution >= 4 is 17.1 Å². The predicted octanol–water partition coefficient (Wildman–Crippen LogP) is 3.50. The van der Waals surface area contributed by atoms with Crippen LogP contribution in [-0.2, 0) is 0 Å². The average molecular weight is 318 g/mol. The van der Waals surface area contributed by atoms with Gasteiger partial charge in [0.15, 0.2) is 17.5 Å². The molecular weight excluding hydrogens is 313 g/mol. The van der Waals surface area contributed by atoms with Crippen LogP contribution in [0.4, 0.5) is 30.2 Å². The van der Waals surface area contributed by atoms with Crippen LogP contribution in [-0.4, -0.2) is 4.92 Å². The van der Waals surface area contributed by atoms with E-state index in [4.69, 9.17) is 10.5 Å². The van der Waals surface area contributed by atoms with Crippen molar-refractivity contribution in [2.24, 2.45) is 0 Å². The van der Waals surface area contributed by atoms with E-state index >= 15 is 0 Å². The van der Waals surface area contributed by atoms with E-state index in [0.717, 1.165) is 18.2 Å². The SMILES string of the molecule is N#Cc1c(F)c(F)c(Nc2ccc([N+](=O)[O-])cc2)c(C#N)c1F. The highest BCUT2D eigenvalue weighted by molar-refractivity contribution is 5.70. The Bertz CT molecular complexity index is 883. The molecule has 1 N–H and O–H groups in total. The summed E-state index contributed by atoms with van der Waals surface area (Å²) in [4.78, 5) is 9.88. The molecule has 2 rings (SSSR count). The van der Waals surface area contributed by atoms with Crippen LogP contribution in [0.2, 0.25) is 0 Å². The molecule has 0 fully saturated rings. The molecule has 114 valence electrons. The van der Waals surface area contributed by atoms with Crippen LogP contribution in [0.15, 0.2) is 24.3 Å². The van der Waals surface area contributed by atoms with Crippen LogP contribution >= 0.6 is 0 Å². The van der Waals surface area contributed by atoms with E-state index in [1.54, 1.807) is 0 Å². The molecule has 0 bridgehead atoms. The first-order chi connectivity index (χ1) is 10.9. The zero-order valence-corrected chi connectivity index (χ0v) is 11.1. The summed E-state index contributed by atoms with van der Waals surface area (Å²) >= 11 is 0. The van der Waals surface area contributed by atoms with Gasteiger partial charge in [0.2, 0.25) is 0 Å². The third-order valence-corrected chi connectivity index (χ3v) is 2.89. The van der Waals surface area contributed by atoms with Crippen LogP contribution in [0.1, 0.15) is 11.1 Å². The summed E-state index contributed by atoms with van der Waals surface area (Å²) in [7, 11) is 0. The van der Waals surface area contributed by atoms with Crippen molar-refractivity contribution in [2.75, 3.05) is 5.32 Å². The van der Waals surface area contributed by atoms with E-state index < -0.39 is 39.2 Å². The molecule has 0 saturated heterocycles. The maximum absolute atomic E-state index is 14.0. The van der Waals surface area contributed by atoms with Crippen molar-refractivity contribution in [1.82, 2.24) is 0 Å². The molecule has 0 aromatic heterocycles. The molecule has 0 unspecified atom stereocenters. The molecule has 0 aliphatic rings. The molecule has 0 saturated carbocycles. The number of halogens is 3. The molecule has 0 aliphatic heterocycles. The van der Waals surface area contributed by atoms with Gasteiger partial charge in [0, 0.05) is 17.8 Å². The van der Waals surface area contributed by atoms with Crippen LogP contribution in [0.3, 0.4) is 0 Å². The molecule has 6 nitrogen and oxygen atoms in total. The van der Waals surface area contributed by atoms with Gasteiger partial charge in [-0.25, -0.2) is 13.2 Å². The van der Waals surface area contributed by atoms with Crippen LogP contribution < -0.4 is 5.32 Å². The van der Waals surface area contributed by atoms with Crippen molar-refractivity contribution < 1.29 is 18.1 Å². The summed E-state index contributed by atoms with van der Waals surface area (Å²) in [6, 6.07) is 7.02. The second kappa shape index (κ2) is 6.03. The number of benzene rings is 2. The Balaban J connectivity index is 2.54. The molecule has 9 heteroatoms. The second-order valence-corrected chi connectivity index (χ2v) is 4.22. The number of rotatable bonds is 3. The lowest BCUT2D eigenvalue weighted by atomic mass is 10.1. The zero-order valence-electron chi connectivity index (χ0n) is 11.1. The van der Waals surface area contributed by atoms with E-state index in [1.165, 1.54) is 18.2 Å². The van der Waals surface area contributed by atoms with E-state index in [9.17, 15) is 23.3 Å². The first kappa shape index (κ1) is 15.8. The first-order valence-electron chi connectivity index (χ1n) is 5.92. The highest BCUT2D eigenvalue weighted by atomic mass is 19.2. The Labute approximate surface area is 127 Å². The Morgan fingerprint density at radius 2 is 1.52 bits per heavy atom. The molecule has 0 amide bonds. The highest BCUT2D eigenvalue weighted by Gasteiger charge is 2.25. The maximum atomic E-state index is 14.0. The van der Waals surface area contributed by atoms with Crippen molar-refractivity contribution in [3.8, 4) is 12.1 Å². The van der Waals surface area contributed by atoms with Crippen molar-refractivity contribution in [3.05, 3.63) is 63.0 Å². The molecule has 0 atom stereocenters. The van der Waals surface area contributed by atoms with Gasteiger partial charge < -0.3 is 5.32 Å². The number of nitro benzene ring substituents is 1. The summed E-state index contributed by atoms with van der Waals surface area (Å²) < 4.78 is 41.5. The molecular formula is C14H5F3N4O2. The zero-order chi connectivity index (χ0) is 17.1. The molecule has 0 heterocycles. The van der Waals surface area contributed by atoms with Crippen LogP contribution in [0.5, 0.6) is 0 Å². The molecule has 0 radical (unpaired) electrons. The fourth-order valence-corrected chi connectivity index (χ4v) is 1.79. The number of hydrogen-bond acceptors (Lipinski definition) is 5. The van der Waals surface area contributed by atoms with Gasteiger partial charge in [-0.2, -0.15) is 10.5 Å². The van der Waals surface area contributed by atoms with Crippen molar-refractivity contribution in [3.63, 3.8) is 0 Å². The first-order valence-corrected chi connectivity index (χ1v) is 5.92. The highest BCUT2D eigenvalue weighted by Crippen LogP contribution is 2.31.